The highest BCUT2D eigenvalue weighted by atomic mass is 19.4. The van der Waals surface area contributed by atoms with Crippen molar-refractivity contribution in [3.8, 4) is 0 Å². The minimum Gasteiger partial charge on any atom is -0.237 e. The first-order chi connectivity index (χ1) is 4.63. The van der Waals surface area contributed by atoms with Gasteiger partial charge in [-0.25, -0.2) is 4.39 Å². The smallest absolute Gasteiger partial charge is 0.237 e. The Hall–Kier alpha value is -0.490. The molecule has 11 heavy (non-hydrogen) atoms. The van der Waals surface area contributed by atoms with E-state index in [1.807, 2.05) is 0 Å². The second-order valence-electron chi connectivity index (χ2n) is 1.83. The fraction of sp³-hybridized carbons (Fsp3) is 1.00. The summed E-state index contributed by atoms with van der Waals surface area (Å²) >= 11 is 0. The molecule has 0 amide bonds. The van der Waals surface area contributed by atoms with E-state index in [4.69, 9.17) is 0 Å². The fourth-order valence-corrected chi connectivity index (χ4v) is 0.319. The van der Waals surface area contributed by atoms with Gasteiger partial charge in [0.15, 0.2) is 0 Å². The minimum absolute atomic E-state index is 2.48. The van der Waals surface area contributed by atoms with E-state index in [2.05, 4.69) is 0 Å². The average Bonchev–Trinajstić information content (AvgIpc) is 1.56. The standard InChI is InChI=1S/C4H3F7/c5-2(4(9,10)11)1-3(6,7)8/h2H,1H2/t2-/m0/s1. The summed E-state index contributed by atoms with van der Waals surface area (Å²) in [5, 5.41) is 0. The summed E-state index contributed by atoms with van der Waals surface area (Å²) in [4.78, 5) is 0. The molecule has 0 saturated carbocycles. The van der Waals surface area contributed by atoms with E-state index in [1.165, 1.54) is 0 Å². The average molecular weight is 184 g/mol. The van der Waals surface area contributed by atoms with Gasteiger partial charge >= 0.3 is 12.4 Å². The maximum atomic E-state index is 11.6. The first-order valence-electron chi connectivity index (χ1n) is 2.40. The molecule has 0 heterocycles. The third kappa shape index (κ3) is 4.86. The Labute approximate surface area is 57.0 Å². The number of rotatable bonds is 1. The summed E-state index contributed by atoms with van der Waals surface area (Å²) in [7, 11) is 0. The van der Waals surface area contributed by atoms with E-state index in [1.54, 1.807) is 0 Å². The molecular formula is C4H3F7. The number of hydrogen-bond acceptors (Lipinski definition) is 0. The molecule has 0 fully saturated rings. The van der Waals surface area contributed by atoms with Crippen LogP contribution in [0.3, 0.4) is 0 Å². The summed E-state index contributed by atoms with van der Waals surface area (Å²) in [6, 6.07) is 0. The zero-order valence-electron chi connectivity index (χ0n) is 4.93. The van der Waals surface area contributed by atoms with Gasteiger partial charge in [0.1, 0.15) is 0 Å². The van der Waals surface area contributed by atoms with Gasteiger partial charge < -0.3 is 0 Å². The van der Waals surface area contributed by atoms with Gasteiger partial charge in [-0.2, -0.15) is 26.3 Å². The molecule has 0 spiro atoms. The van der Waals surface area contributed by atoms with Crippen molar-refractivity contribution >= 4 is 0 Å². The lowest BCUT2D eigenvalue weighted by atomic mass is 10.2. The van der Waals surface area contributed by atoms with Gasteiger partial charge in [0.25, 0.3) is 0 Å². The highest BCUT2D eigenvalue weighted by molar-refractivity contribution is 4.69. The number of alkyl halides is 7. The van der Waals surface area contributed by atoms with Gasteiger partial charge in [-0.05, 0) is 0 Å². The summed E-state index contributed by atoms with van der Waals surface area (Å²) in [6.07, 6.45) is -16.8. The van der Waals surface area contributed by atoms with Crippen LogP contribution in [0, 0.1) is 0 Å². The molecule has 0 nitrogen and oxygen atoms in total. The SMILES string of the molecule is F[C@@H](CC(F)(F)F)C(F)(F)F. The first-order valence-corrected chi connectivity index (χ1v) is 2.40. The normalized spacial score (nSPS) is 16.6. The molecule has 1 atom stereocenters. The van der Waals surface area contributed by atoms with Crippen molar-refractivity contribution in [2.24, 2.45) is 0 Å². The van der Waals surface area contributed by atoms with Crippen molar-refractivity contribution in [1.29, 1.82) is 0 Å². The van der Waals surface area contributed by atoms with Crippen molar-refractivity contribution in [2.75, 3.05) is 0 Å². The summed E-state index contributed by atoms with van der Waals surface area (Å²) < 4.78 is 78.2. The van der Waals surface area contributed by atoms with Gasteiger partial charge in [0.05, 0.1) is 6.42 Å². The predicted molar refractivity (Wildman–Crippen MR) is 21.6 cm³/mol. The predicted octanol–water partition coefficient (Wildman–Crippen LogP) is 2.84. The van der Waals surface area contributed by atoms with Crippen LogP contribution in [-0.2, 0) is 0 Å². The Morgan fingerprint density at radius 3 is 1.36 bits per heavy atom. The molecule has 0 unspecified atom stereocenters. The zero-order chi connectivity index (χ0) is 9.28. The first kappa shape index (κ1) is 10.5. The van der Waals surface area contributed by atoms with Crippen molar-refractivity contribution in [3.63, 3.8) is 0 Å². The Balaban J connectivity index is 3.99. The molecule has 68 valence electrons. The van der Waals surface area contributed by atoms with Crippen molar-refractivity contribution < 1.29 is 30.7 Å². The lowest BCUT2D eigenvalue weighted by Gasteiger charge is -2.13. The largest absolute Gasteiger partial charge is 0.419 e. The Bertz CT molecular complexity index is 119. The van der Waals surface area contributed by atoms with Crippen LogP contribution < -0.4 is 0 Å². The van der Waals surface area contributed by atoms with Crippen LogP contribution in [0.2, 0.25) is 0 Å². The second kappa shape index (κ2) is 2.86. The molecule has 0 saturated heterocycles. The molecule has 0 aromatic rings. The maximum Gasteiger partial charge on any atom is 0.419 e. The van der Waals surface area contributed by atoms with Crippen LogP contribution in [0.15, 0.2) is 0 Å². The Kier molecular flexibility index (Phi) is 2.74. The summed E-state index contributed by atoms with van der Waals surface area (Å²) in [6.45, 7) is 0. The van der Waals surface area contributed by atoms with E-state index >= 15 is 0 Å². The lowest BCUT2D eigenvalue weighted by molar-refractivity contribution is -0.222. The summed E-state index contributed by atoms with van der Waals surface area (Å²) in [5.74, 6) is 0. The number of hydrogen-bond donors (Lipinski definition) is 0. The van der Waals surface area contributed by atoms with Crippen LogP contribution in [0.25, 0.3) is 0 Å². The quantitative estimate of drug-likeness (QED) is 0.549. The molecule has 7 heteroatoms. The highest BCUT2D eigenvalue weighted by Gasteiger charge is 2.46. The Morgan fingerprint density at radius 2 is 1.27 bits per heavy atom. The van der Waals surface area contributed by atoms with E-state index in [0.29, 0.717) is 0 Å². The third-order valence-corrected chi connectivity index (χ3v) is 0.766. The van der Waals surface area contributed by atoms with Crippen LogP contribution >= 0.6 is 0 Å². The molecule has 0 N–H and O–H groups in total. The van der Waals surface area contributed by atoms with Crippen LogP contribution in [-0.4, -0.2) is 18.5 Å². The van der Waals surface area contributed by atoms with Gasteiger partial charge in [0, 0.05) is 0 Å². The van der Waals surface area contributed by atoms with Crippen LogP contribution in [0.4, 0.5) is 30.7 Å². The van der Waals surface area contributed by atoms with E-state index < -0.39 is 24.9 Å². The zero-order valence-corrected chi connectivity index (χ0v) is 4.93. The molecule has 0 radical (unpaired) electrons. The minimum atomic E-state index is -5.42. The molecular weight excluding hydrogens is 181 g/mol. The van der Waals surface area contributed by atoms with Gasteiger partial charge in [-0.15, -0.1) is 0 Å². The maximum absolute atomic E-state index is 11.6. The molecule has 0 aromatic carbocycles. The monoisotopic (exact) mass is 184 g/mol. The third-order valence-electron chi connectivity index (χ3n) is 0.766. The molecule has 0 rings (SSSR count). The van der Waals surface area contributed by atoms with Gasteiger partial charge in [0.2, 0.25) is 6.17 Å². The molecule has 0 aliphatic heterocycles. The highest BCUT2D eigenvalue weighted by Crippen LogP contribution is 2.32. The van der Waals surface area contributed by atoms with E-state index in [9.17, 15) is 30.7 Å². The van der Waals surface area contributed by atoms with Crippen molar-refractivity contribution in [3.05, 3.63) is 0 Å². The van der Waals surface area contributed by atoms with Crippen LogP contribution in [0.1, 0.15) is 6.42 Å². The molecule has 0 aliphatic rings. The second-order valence-corrected chi connectivity index (χ2v) is 1.83. The Morgan fingerprint density at radius 1 is 0.909 bits per heavy atom. The van der Waals surface area contributed by atoms with Gasteiger partial charge in [-0.3, -0.25) is 0 Å². The topological polar surface area (TPSA) is 0 Å². The fourth-order valence-electron chi connectivity index (χ4n) is 0.319. The van der Waals surface area contributed by atoms with Crippen molar-refractivity contribution in [1.82, 2.24) is 0 Å². The molecule has 0 aromatic heterocycles. The van der Waals surface area contributed by atoms with Gasteiger partial charge in [-0.1, -0.05) is 0 Å². The van der Waals surface area contributed by atoms with Crippen LogP contribution in [0.5, 0.6) is 0 Å². The number of halogens is 7. The molecule has 0 bridgehead atoms. The van der Waals surface area contributed by atoms with Crippen molar-refractivity contribution in [2.45, 2.75) is 24.9 Å². The van der Waals surface area contributed by atoms with E-state index in [-0.39, 0.29) is 0 Å². The lowest BCUT2D eigenvalue weighted by Crippen LogP contribution is -2.29. The molecule has 0 aliphatic carbocycles. The van der Waals surface area contributed by atoms with E-state index in [0.717, 1.165) is 0 Å². The summed E-state index contributed by atoms with van der Waals surface area (Å²) in [5.41, 5.74) is 0.